The highest BCUT2D eigenvalue weighted by Crippen LogP contribution is 2.23. The maximum absolute atomic E-state index is 12.9. The SMILES string of the molecule is COC(=O)CC[S+](=O)([O-])c1ccc(-n2cccc2/C=C2\NC(=O)N(CC(=O)Nc3ccc(C)cc3)C2=O)cc1. The van der Waals surface area contributed by atoms with E-state index in [0.717, 1.165) is 10.5 Å². The van der Waals surface area contributed by atoms with Gasteiger partial charge >= 0.3 is 12.0 Å². The van der Waals surface area contributed by atoms with Crippen LogP contribution in [0.25, 0.3) is 11.8 Å². The Kier molecular flexibility index (Phi) is 8.07. The summed E-state index contributed by atoms with van der Waals surface area (Å²) in [6.07, 6.45) is 2.93. The number of rotatable bonds is 9. The number of carbonyl (C=O) groups excluding carboxylic acids is 4. The summed E-state index contributed by atoms with van der Waals surface area (Å²) < 4.78 is 31.2. The lowest BCUT2D eigenvalue weighted by Gasteiger charge is -2.15. The zero-order chi connectivity index (χ0) is 28.2. The Balaban J connectivity index is 1.46. The van der Waals surface area contributed by atoms with E-state index in [9.17, 15) is 27.9 Å². The third-order valence-corrected chi connectivity index (χ3v) is 7.68. The number of hydrogen-bond acceptors (Lipinski definition) is 7. The Morgan fingerprint density at radius 1 is 1.08 bits per heavy atom. The molecular formula is C27H26N4O7S. The van der Waals surface area contributed by atoms with Crippen molar-refractivity contribution in [3.05, 3.63) is 83.8 Å². The van der Waals surface area contributed by atoms with Crippen molar-refractivity contribution in [1.82, 2.24) is 14.8 Å². The first kappa shape index (κ1) is 27.5. The lowest BCUT2D eigenvalue weighted by molar-refractivity contribution is -0.140. The zero-order valence-electron chi connectivity index (χ0n) is 21.2. The van der Waals surface area contributed by atoms with Crippen LogP contribution in [0.2, 0.25) is 0 Å². The molecule has 0 bridgehead atoms. The minimum Gasteiger partial charge on any atom is -0.610 e. The van der Waals surface area contributed by atoms with Crippen LogP contribution in [0.15, 0.2) is 77.5 Å². The van der Waals surface area contributed by atoms with Crippen LogP contribution in [-0.2, 0) is 33.5 Å². The number of esters is 1. The number of imide groups is 1. The van der Waals surface area contributed by atoms with Crippen molar-refractivity contribution >= 4 is 45.8 Å². The van der Waals surface area contributed by atoms with Gasteiger partial charge in [-0.05, 0) is 61.5 Å². The average Bonchev–Trinajstić information content (AvgIpc) is 3.48. The van der Waals surface area contributed by atoms with E-state index in [1.165, 1.54) is 25.3 Å². The van der Waals surface area contributed by atoms with E-state index >= 15 is 0 Å². The molecule has 11 nitrogen and oxygen atoms in total. The molecule has 202 valence electrons. The van der Waals surface area contributed by atoms with Crippen LogP contribution in [-0.4, -0.2) is 57.2 Å². The number of amides is 4. The topological polar surface area (TPSA) is 150 Å². The Hall–Kier alpha value is -4.55. The summed E-state index contributed by atoms with van der Waals surface area (Å²) in [6.45, 7) is 1.46. The molecule has 1 fully saturated rings. The van der Waals surface area contributed by atoms with Gasteiger partial charge in [0.15, 0.2) is 4.90 Å². The summed E-state index contributed by atoms with van der Waals surface area (Å²) in [4.78, 5) is 49.9. The van der Waals surface area contributed by atoms with Gasteiger partial charge in [-0.15, -0.1) is 4.21 Å². The second-order valence-corrected chi connectivity index (χ2v) is 10.8. The maximum atomic E-state index is 12.9. The van der Waals surface area contributed by atoms with Gasteiger partial charge in [0.2, 0.25) is 5.91 Å². The number of urea groups is 1. The predicted octanol–water partition coefficient (Wildman–Crippen LogP) is 2.87. The molecule has 0 radical (unpaired) electrons. The minimum atomic E-state index is -3.68. The molecule has 1 aromatic heterocycles. The van der Waals surface area contributed by atoms with E-state index < -0.39 is 40.6 Å². The van der Waals surface area contributed by atoms with Crippen molar-refractivity contribution < 1.29 is 32.7 Å². The van der Waals surface area contributed by atoms with Gasteiger partial charge < -0.3 is 24.5 Å². The van der Waals surface area contributed by atoms with E-state index in [0.29, 0.717) is 17.1 Å². The van der Waals surface area contributed by atoms with Crippen LogP contribution in [0.5, 0.6) is 0 Å². The third kappa shape index (κ3) is 6.48. The number of aromatic nitrogens is 1. The van der Waals surface area contributed by atoms with E-state index in [1.807, 2.05) is 19.1 Å². The molecule has 1 aliphatic rings. The smallest absolute Gasteiger partial charge is 0.329 e. The molecular weight excluding hydrogens is 524 g/mol. The molecule has 2 N–H and O–H groups in total. The van der Waals surface area contributed by atoms with Gasteiger partial charge in [0.05, 0.1) is 23.7 Å². The van der Waals surface area contributed by atoms with Gasteiger partial charge in [0.25, 0.3) is 5.91 Å². The fourth-order valence-electron chi connectivity index (χ4n) is 3.84. The second kappa shape index (κ2) is 11.5. The van der Waals surface area contributed by atoms with Gasteiger partial charge in [-0.1, -0.05) is 17.7 Å². The van der Waals surface area contributed by atoms with Crippen molar-refractivity contribution in [2.45, 2.75) is 18.2 Å². The molecule has 0 saturated carbocycles. The lowest BCUT2D eigenvalue weighted by Crippen LogP contribution is -2.38. The number of carbonyl (C=O) groups is 4. The number of benzene rings is 2. The first-order valence-corrected chi connectivity index (χ1v) is 13.5. The summed E-state index contributed by atoms with van der Waals surface area (Å²) in [7, 11) is -2.49. The van der Waals surface area contributed by atoms with Crippen LogP contribution in [0.3, 0.4) is 0 Å². The summed E-state index contributed by atoms with van der Waals surface area (Å²) in [5.41, 5.74) is 2.70. The number of nitrogens with zero attached hydrogens (tertiary/aromatic N) is 2. The molecule has 0 aliphatic carbocycles. The maximum Gasteiger partial charge on any atom is 0.329 e. The van der Waals surface area contributed by atoms with Crippen LogP contribution in [0.1, 0.15) is 17.7 Å². The first-order valence-electron chi connectivity index (χ1n) is 11.9. The number of aryl methyl sites for hydroxylation is 1. The van der Waals surface area contributed by atoms with E-state index in [1.54, 1.807) is 47.2 Å². The Morgan fingerprint density at radius 2 is 1.77 bits per heavy atom. The zero-order valence-corrected chi connectivity index (χ0v) is 22.0. The van der Waals surface area contributed by atoms with Crippen molar-refractivity contribution in [2.24, 2.45) is 0 Å². The fourth-order valence-corrected chi connectivity index (χ4v) is 5.06. The van der Waals surface area contributed by atoms with Gasteiger partial charge in [0.1, 0.15) is 18.0 Å². The normalized spacial score (nSPS) is 15.7. The molecule has 2 aromatic carbocycles. The lowest BCUT2D eigenvalue weighted by atomic mass is 10.2. The number of ether oxygens (including phenoxy) is 1. The Labute approximate surface area is 225 Å². The fraction of sp³-hybridized carbons (Fsp3) is 0.185. The molecule has 1 aliphatic heterocycles. The molecule has 1 unspecified atom stereocenters. The molecule has 0 spiro atoms. The van der Waals surface area contributed by atoms with E-state index in [4.69, 9.17) is 0 Å². The van der Waals surface area contributed by atoms with Crippen LogP contribution >= 0.6 is 0 Å². The predicted molar refractivity (Wildman–Crippen MR) is 142 cm³/mol. The van der Waals surface area contributed by atoms with E-state index in [2.05, 4.69) is 15.4 Å². The highest BCUT2D eigenvalue weighted by molar-refractivity contribution is 7.97. The van der Waals surface area contributed by atoms with Gasteiger partial charge in [-0.25, -0.2) is 9.69 Å². The second-order valence-electron chi connectivity index (χ2n) is 8.74. The number of hydrogen-bond donors (Lipinski definition) is 2. The summed E-state index contributed by atoms with van der Waals surface area (Å²) >= 11 is 0. The number of nitrogens with one attached hydrogen (secondary N) is 2. The van der Waals surface area contributed by atoms with Gasteiger partial charge in [0, 0.05) is 23.3 Å². The molecule has 1 saturated heterocycles. The minimum absolute atomic E-state index is 0.00917. The largest absolute Gasteiger partial charge is 0.610 e. The highest BCUT2D eigenvalue weighted by Gasteiger charge is 2.35. The summed E-state index contributed by atoms with van der Waals surface area (Å²) in [6, 6.07) is 15.9. The molecule has 12 heteroatoms. The summed E-state index contributed by atoms with van der Waals surface area (Å²) in [5, 5.41) is 5.15. The van der Waals surface area contributed by atoms with Gasteiger partial charge in [-0.2, -0.15) is 0 Å². The number of methoxy groups -OCH3 is 1. The van der Waals surface area contributed by atoms with Crippen LogP contribution < -0.4 is 10.6 Å². The Bertz CT molecular complexity index is 1490. The molecule has 3 aromatic rings. The molecule has 4 rings (SSSR count). The first-order chi connectivity index (χ1) is 18.6. The monoisotopic (exact) mass is 550 g/mol. The van der Waals surface area contributed by atoms with Crippen LogP contribution in [0.4, 0.5) is 10.5 Å². The molecule has 2 heterocycles. The van der Waals surface area contributed by atoms with Crippen molar-refractivity contribution in [1.29, 1.82) is 0 Å². The van der Waals surface area contributed by atoms with Crippen molar-refractivity contribution in [2.75, 3.05) is 24.7 Å². The van der Waals surface area contributed by atoms with Gasteiger partial charge in [-0.3, -0.25) is 14.4 Å². The molecule has 39 heavy (non-hydrogen) atoms. The average molecular weight is 551 g/mol. The standard InChI is InChI=1S/C27H26N4O7S/c1-18-5-7-19(8-6-18)28-24(32)17-31-26(34)23(29-27(31)35)16-21-4-3-14-30(21)20-9-11-22(12-10-20)39(36,37)15-13-25(33)38-2/h3-12,14,16H,13,15,17H2,1-2H3,(H2-,28,29,32,35,36,37)/b23-16-. The number of sulfone groups is 1. The quantitative estimate of drug-likeness (QED) is 0.180. The van der Waals surface area contributed by atoms with Crippen molar-refractivity contribution in [3.63, 3.8) is 0 Å². The van der Waals surface area contributed by atoms with Crippen molar-refractivity contribution in [3.8, 4) is 5.69 Å². The Morgan fingerprint density at radius 3 is 2.44 bits per heavy atom. The van der Waals surface area contributed by atoms with Crippen LogP contribution in [0, 0.1) is 6.92 Å². The number of anilines is 1. The molecule has 1 atom stereocenters. The third-order valence-electron chi connectivity index (χ3n) is 5.95. The summed E-state index contributed by atoms with van der Waals surface area (Å²) in [5.74, 6) is -2.16. The van der Waals surface area contributed by atoms with E-state index in [-0.39, 0.29) is 22.8 Å². The molecule has 4 amide bonds. The highest BCUT2D eigenvalue weighted by atomic mass is 32.3.